The van der Waals surface area contributed by atoms with E-state index in [9.17, 15) is 22.8 Å². The van der Waals surface area contributed by atoms with Crippen molar-refractivity contribution in [2.45, 2.75) is 11.8 Å². The van der Waals surface area contributed by atoms with Crippen LogP contribution in [0.1, 0.15) is 38.0 Å². The number of Topliss-reactive ketones (excluding diaryl/α,β-unsaturated/α-hetero) is 1. The second kappa shape index (κ2) is 9.44. The Morgan fingerprint density at radius 3 is 1.75 bits per heavy atom. The Hall–Kier alpha value is -3.98. The molecule has 0 aliphatic rings. The van der Waals surface area contributed by atoms with Gasteiger partial charge in [-0.1, -0.05) is 12.1 Å². The molecule has 0 fully saturated rings. The van der Waals surface area contributed by atoms with Crippen LogP contribution in [-0.4, -0.2) is 33.2 Å². The summed E-state index contributed by atoms with van der Waals surface area (Å²) in [5, 5.41) is 2.69. The number of carbonyl (C=O) groups excluding carboxylic acids is 3. The van der Waals surface area contributed by atoms with E-state index in [0.717, 1.165) is 0 Å². The third-order valence-corrected chi connectivity index (χ3v) is 5.93. The van der Waals surface area contributed by atoms with Gasteiger partial charge in [0.2, 0.25) is 0 Å². The van der Waals surface area contributed by atoms with Crippen LogP contribution in [0.2, 0.25) is 0 Å². The number of amides is 1. The van der Waals surface area contributed by atoms with Crippen LogP contribution in [-0.2, 0) is 14.8 Å². The molecule has 0 saturated heterocycles. The molecule has 0 spiro atoms. The first-order valence-corrected chi connectivity index (χ1v) is 10.9. The second-order valence-electron chi connectivity index (χ2n) is 6.79. The molecule has 8 nitrogen and oxygen atoms in total. The third-order valence-electron chi connectivity index (χ3n) is 4.53. The Bertz CT molecular complexity index is 1250. The molecule has 0 heterocycles. The van der Waals surface area contributed by atoms with Gasteiger partial charge in [-0.2, -0.15) is 0 Å². The number of methoxy groups -OCH3 is 1. The highest BCUT2D eigenvalue weighted by atomic mass is 32.2. The molecule has 0 aliphatic carbocycles. The third kappa shape index (κ3) is 5.38. The summed E-state index contributed by atoms with van der Waals surface area (Å²) >= 11 is 0. The second-order valence-corrected chi connectivity index (χ2v) is 8.47. The van der Waals surface area contributed by atoms with Gasteiger partial charge in [-0.15, -0.1) is 0 Å². The molecule has 3 rings (SSSR count). The van der Waals surface area contributed by atoms with E-state index >= 15 is 0 Å². The van der Waals surface area contributed by atoms with Gasteiger partial charge in [-0.3, -0.25) is 14.3 Å². The predicted octanol–water partition coefficient (Wildman–Crippen LogP) is 3.73. The summed E-state index contributed by atoms with van der Waals surface area (Å²) in [6.07, 6.45) is 0. The summed E-state index contributed by atoms with van der Waals surface area (Å²) in [6, 6.07) is 17.7. The standard InChI is InChI=1S/C23H20N2O6S/c1-15(26)16-7-13-21(14-8-16)32(29,30)25-20-11-3-17(4-12-20)22(27)24-19-9-5-18(6-10-19)23(28)31-2/h3-14,25H,1-2H3,(H,24,27). The molecule has 9 heteroatoms. The maximum absolute atomic E-state index is 12.5. The van der Waals surface area contributed by atoms with Crippen LogP contribution in [0.15, 0.2) is 77.7 Å². The molecule has 2 N–H and O–H groups in total. The van der Waals surface area contributed by atoms with Crippen molar-refractivity contribution in [1.29, 1.82) is 0 Å². The smallest absolute Gasteiger partial charge is 0.337 e. The van der Waals surface area contributed by atoms with E-state index in [1.165, 1.54) is 74.7 Å². The van der Waals surface area contributed by atoms with Crippen LogP contribution >= 0.6 is 0 Å². The first-order valence-electron chi connectivity index (χ1n) is 9.43. The fourth-order valence-corrected chi connectivity index (χ4v) is 3.84. The number of hydrogen-bond donors (Lipinski definition) is 2. The number of hydrogen-bond acceptors (Lipinski definition) is 6. The quantitative estimate of drug-likeness (QED) is 0.417. The molecule has 3 aromatic carbocycles. The molecule has 1 amide bonds. The van der Waals surface area contributed by atoms with Gasteiger partial charge in [0.05, 0.1) is 17.6 Å². The Morgan fingerprint density at radius 2 is 1.22 bits per heavy atom. The molecule has 0 atom stereocenters. The van der Waals surface area contributed by atoms with Gasteiger partial charge in [0, 0.05) is 22.5 Å². The minimum absolute atomic E-state index is 0.0136. The van der Waals surface area contributed by atoms with Crippen molar-refractivity contribution in [2.75, 3.05) is 17.1 Å². The van der Waals surface area contributed by atoms with Crippen molar-refractivity contribution in [3.8, 4) is 0 Å². The number of rotatable bonds is 7. The fourth-order valence-electron chi connectivity index (χ4n) is 2.78. The van der Waals surface area contributed by atoms with Crippen molar-refractivity contribution in [2.24, 2.45) is 0 Å². The van der Waals surface area contributed by atoms with Gasteiger partial charge in [0.1, 0.15) is 0 Å². The van der Waals surface area contributed by atoms with E-state index in [2.05, 4.69) is 14.8 Å². The lowest BCUT2D eigenvalue weighted by atomic mass is 10.1. The molecule has 0 bridgehead atoms. The largest absolute Gasteiger partial charge is 0.465 e. The lowest BCUT2D eigenvalue weighted by molar-refractivity contribution is 0.0600. The Balaban J connectivity index is 1.66. The van der Waals surface area contributed by atoms with Gasteiger partial charge in [-0.25, -0.2) is 13.2 Å². The molecule has 0 radical (unpaired) electrons. The van der Waals surface area contributed by atoms with E-state index in [-0.39, 0.29) is 16.4 Å². The molecule has 0 unspecified atom stereocenters. The zero-order valence-corrected chi connectivity index (χ0v) is 18.1. The Morgan fingerprint density at radius 1 is 0.719 bits per heavy atom. The van der Waals surface area contributed by atoms with Gasteiger partial charge in [0.25, 0.3) is 15.9 Å². The predicted molar refractivity (Wildman–Crippen MR) is 119 cm³/mol. The number of ketones is 1. The van der Waals surface area contributed by atoms with E-state index in [4.69, 9.17) is 0 Å². The van der Waals surface area contributed by atoms with Crippen LogP contribution in [0.5, 0.6) is 0 Å². The van der Waals surface area contributed by atoms with Crippen LogP contribution < -0.4 is 10.0 Å². The summed E-state index contributed by atoms with van der Waals surface area (Å²) in [5.74, 6) is -1.03. The maximum atomic E-state index is 12.5. The molecule has 164 valence electrons. The number of esters is 1. The molecule has 0 aromatic heterocycles. The van der Waals surface area contributed by atoms with Gasteiger partial charge in [0.15, 0.2) is 5.78 Å². The highest BCUT2D eigenvalue weighted by molar-refractivity contribution is 7.92. The normalized spacial score (nSPS) is 10.8. The average molecular weight is 452 g/mol. The topological polar surface area (TPSA) is 119 Å². The maximum Gasteiger partial charge on any atom is 0.337 e. The summed E-state index contributed by atoms with van der Waals surface area (Å²) in [4.78, 5) is 35.2. The molecular formula is C23H20N2O6S. The fraction of sp³-hybridized carbons (Fsp3) is 0.0870. The number of nitrogens with one attached hydrogen (secondary N) is 2. The van der Waals surface area contributed by atoms with Gasteiger partial charge in [-0.05, 0) is 67.6 Å². The monoisotopic (exact) mass is 452 g/mol. The zero-order chi connectivity index (χ0) is 23.3. The number of carbonyl (C=O) groups is 3. The first-order chi connectivity index (χ1) is 15.2. The van der Waals surface area contributed by atoms with Crippen molar-refractivity contribution in [1.82, 2.24) is 0 Å². The molecule has 32 heavy (non-hydrogen) atoms. The molecular weight excluding hydrogens is 432 g/mol. The number of ether oxygens (including phenoxy) is 1. The van der Waals surface area contributed by atoms with E-state index in [0.29, 0.717) is 22.4 Å². The number of anilines is 2. The van der Waals surface area contributed by atoms with Crippen molar-refractivity contribution in [3.05, 3.63) is 89.5 Å². The minimum atomic E-state index is -3.85. The summed E-state index contributed by atoms with van der Waals surface area (Å²) in [7, 11) is -2.57. The lowest BCUT2D eigenvalue weighted by Crippen LogP contribution is -2.14. The number of benzene rings is 3. The van der Waals surface area contributed by atoms with Crippen LogP contribution in [0.4, 0.5) is 11.4 Å². The Kier molecular flexibility index (Phi) is 6.70. The average Bonchev–Trinajstić information content (AvgIpc) is 2.79. The van der Waals surface area contributed by atoms with Gasteiger partial charge >= 0.3 is 5.97 Å². The molecule has 3 aromatic rings. The summed E-state index contributed by atoms with van der Waals surface area (Å²) < 4.78 is 32.1. The Labute approximate surface area is 185 Å². The van der Waals surface area contributed by atoms with E-state index < -0.39 is 21.9 Å². The molecule has 0 aliphatic heterocycles. The van der Waals surface area contributed by atoms with Crippen molar-refractivity contribution in [3.63, 3.8) is 0 Å². The minimum Gasteiger partial charge on any atom is -0.465 e. The van der Waals surface area contributed by atoms with Crippen LogP contribution in [0.3, 0.4) is 0 Å². The zero-order valence-electron chi connectivity index (χ0n) is 17.3. The van der Waals surface area contributed by atoms with Crippen molar-refractivity contribution < 1.29 is 27.5 Å². The van der Waals surface area contributed by atoms with Crippen LogP contribution in [0, 0.1) is 0 Å². The lowest BCUT2D eigenvalue weighted by Gasteiger charge is -2.10. The van der Waals surface area contributed by atoms with E-state index in [1.807, 2.05) is 0 Å². The van der Waals surface area contributed by atoms with Crippen LogP contribution in [0.25, 0.3) is 0 Å². The highest BCUT2D eigenvalue weighted by Crippen LogP contribution is 2.18. The SMILES string of the molecule is COC(=O)c1ccc(NC(=O)c2ccc(NS(=O)(=O)c3ccc(C(C)=O)cc3)cc2)cc1. The highest BCUT2D eigenvalue weighted by Gasteiger charge is 2.15. The molecule has 0 saturated carbocycles. The van der Waals surface area contributed by atoms with Crippen molar-refractivity contribution >= 4 is 39.1 Å². The van der Waals surface area contributed by atoms with E-state index in [1.54, 1.807) is 12.1 Å². The summed E-state index contributed by atoms with van der Waals surface area (Å²) in [5.41, 5.74) is 1.86. The number of sulfonamides is 1. The summed E-state index contributed by atoms with van der Waals surface area (Å²) in [6.45, 7) is 1.40. The van der Waals surface area contributed by atoms with Gasteiger partial charge < -0.3 is 10.1 Å². The first kappa shape index (κ1) is 22.7.